The van der Waals surface area contributed by atoms with E-state index in [2.05, 4.69) is 10.6 Å². The van der Waals surface area contributed by atoms with Gasteiger partial charge in [0.2, 0.25) is 5.91 Å². The predicted molar refractivity (Wildman–Crippen MR) is 56.3 cm³/mol. The van der Waals surface area contributed by atoms with Gasteiger partial charge >= 0.3 is 6.18 Å². The quantitative estimate of drug-likeness (QED) is 0.778. The normalized spacial score (nSPS) is 30.8. The van der Waals surface area contributed by atoms with Crippen molar-refractivity contribution in [2.45, 2.75) is 37.9 Å². The van der Waals surface area contributed by atoms with E-state index in [1.807, 2.05) is 0 Å². The fourth-order valence-electron chi connectivity index (χ4n) is 2.43. The summed E-state index contributed by atoms with van der Waals surface area (Å²) in [6.07, 6.45) is -2.96. The van der Waals surface area contributed by atoms with Crippen LogP contribution in [-0.4, -0.2) is 31.2 Å². The summed E-state index contributed by atoms with van der Waals surface area (Å²) in [6.45, 7) is 1.45. The molecule has 6 heteroatoms. The summed E-state index contributed by atoms with van der Waals surface area (Å²) in [5.41, 5.74) is 0. The van der Waals surface area contributed by atoms with E-state index < -0.39 is 18.0 Å². The average molecular weight is 250 g/mol. The van der Waals surface area contributed by atoms with Crippen LogP contribution < -0.4 is 10.6 Å². The highest BCUT2D eigenvalue weighted by Gasteiger charge is 2.43. The smallest absolute Gasteiger partial charge is 0.351 e. The van der Waals surface area contributed by atoms with Gasteiger partial charge in [-0.25, -0.2) is 0 Å². The number of alkyl halides is 3. The van der Waals surface area contributed by atoms with Gasteiger partial charge in [-0.2, -0.15) is 13.2 Å². The second-order valence-corrected chi connectivity index (χ2v) is 4.97. The number of nitrogens with one attached hydrogen (secondary N) is 2. The van der Waals surface area contributed by atoms with Gasteiger partial charge in [-0.15, -0.1) is 0 Å². The van der Waals surface area contributed by atoms with Gasteiger partial charge in [-0.3, -0.25) is 4.79 Å². The minimum atomic E-state index is -4.16. The highest BCUT2D eigenvalue weighted by Crippen LogP contribution is 2.39. The summed E-state index contributed by atoms with van der Waals surface area (Å²) >= 11 is 0. The van der Waals surface area contributed by atoms with Crippen LogP contribution in [0.15, 0.2) is 0 Å². The third kappa shape index (κ3) is 3.12. The standard InChI is InChI=1S/C11H17F3N2O/c12-11(13,14)8-3-1-2-7(4-8)10(17)16-9-5-15-6-9/h7-9,15H,1-6H2,(H,16,17). The van der Waals surface area contributed by atoms with Crippen molar-refractivity contribution in [3.05, 3.63) is 0 Å². The largest absolute Gasteiger partial charge is 0.391 e. The molecule has 0 spiro atoms. The van der Waals surface area contributed by atoms with Gasteiger partial charge in [-0.1, -0.05) is 6.42 Å². The van der Waals surface area contributed by atoms with Crippen molar-refractivity contribution >= 4 is 5.91 Å². The molecule has 98 valence electrons. The first kappa shape index (κ1) is 12.7. The zero-order valence-corrected chi connectivity index (χ0v) is 9.52. The van der Waals surface area contributed by atoms with Gasteiger partial charge in [0.25, 0.3) is 0 Å². The van der Waals surface area contributed by atoms with Crippen molar-refractivity contribution in [3.8, 4) is 0 Å². The third-order valence-electron chi connectivity index (χ3n) is 3.64. The lowest BCUT2D eigenvalue weighted by atomic mass is 9.80. The maximum absolute atomic E-state index is 12.6. The molecule has 1 amide bonds. The molecule has 2 fully saturated rings. The molecular weight excluding hydrogens is 233 g/mol. The fourth-order valence-corrected chi connectivity index (χ4v) is 2.43. The molecule has 17 heavy (non-hydrogen) atoms. The zero-order chi connectivity index (χ0) is 12.5. The first-order chi connectivity index (χ1) is 7.97. The summed E-state index contributed by atoms with van der Waals surface area (Å²) in [5.74, 6) is -1.96. The molecule has 2 rings (SSSR count). The molecule has 2 aliphatic rings. The molecule has 3 nitrogen and oxygen atoms in total. The number of carbonyl (C=O) groups excluding carboxylic acids is 1. The monoisotopic (exact) mass is 250 g/mol. The maximum Gasteiger partial charge on any atom is 0.391 e. The first-order valence-corrected chi connectivity index (χ1v) is 6.04. The lowest BCUT2D eigenvalue weighted by Gasteiger charge is -2.33. The Kier molecular flexibility index (Phi) is 3.61. The van der Waals surface area contributed by atoms with Crippen molar-refractivity contribution in [2.24, 2.45) is 11.8 Å². The van der Waals surface area contributed by atoms with Crippen LogP contribution in [0, 0.1) is 11.8 Å². The van der Waals surface area contributed by atoms with E-state index >= 15 is 0 Å². The Labute approximate surface area is 98.1 Å². The Hall–Kier alpha value is -0.780. The summed E-state index contributed by atoms with van der Waals surface area (Å²) in [7, 11) is 0. The molecule has 2 unspecified atom stereocenters. The van der Waals surface area contributed by atoms with Gasteiger partial charge in [0, 0.05) is 19.0 Å². The Morgan fingerprint density at radius 1 is 1.24 bits per heavy atom. The molecule has 0 aromatic heterocycles. The lowest BCUT2D eigenvalue weighted by Crippen LogP contribution is -2.58. The van der Waals surface area contributed by atoms with Crippen LogP contribution in [0.25, 0.3) is 0 Å². The topological polar surface area (TPSA) is 41.1 Å². The second kappa shape index (κ2) is 4.84. The van der Waals surface area contributed by atoms with Crippen molar-refractivity contribution < 1.29 is 18.0 Å². The van der Waals surface area contributed by atoms with Crippen molar-refractivity contribution in [2.75, 3.05) is 13.1 Å². The van der Waals surface area contributed by atoms with Crippen LogP contribution in [0.5, 0.6) is 0 Å². The van der Waals surface area contributed by atoms with Gasteiger partial charge < -0.3 is 10.6 Å². The average Bonchev–Trinajstić information content (AvgIpc) is 2.22. The molecule has 1 saturated carbocycles. The number of hydrogen-bond donors (Lipinski definition) is 2. The lowest BCUT2D eigenvalue weighted by molar-refractivity contribution is -0.186. The van der Waals surface area contributed by atoms with Crippen LogP contribution in [-0.2, 0) is 4.79 Å². The SMILES string of the molecule is O=C(NC1CNC1)C1CCCC(C(F)(F)F)C1. The number of rotatable bonds is 2. The molecule has 1 heterocycles. The van der Waals surface area contributed by atoms with Crippen LogP contribution in [0.2, 0.25) is 0 Å². The predicted octanol–water partition coefficient (Wildman–Crippen LogP) is 1.44. The minimum Gasteiger partial charge on any atom is -0.351 e. The molecule has 2 atom stereocenters. The maximum atomic E-state index is 12.6. The zero-order valence-electron chi connectivity index (χ0n) is 9.52. The van der Waals surface area contributed by atoms with E-state index in [0.717, 1.165) is 13.1 Å². The van der Waals surface area contributed by atoms with E-state index in [1.54, 1.807) is 0 Å². The Morgan fingerprint density at radius 3 is 2.47 bits per heavy atom. The Morgan fingerprint density at radius 2 is 1.94 bits per heavy atom. The summed E-state index contributed by atoms with van der Waals surface area (Å²) in [5, 5.41) is 5.80. The van der Waals surface area contributed by atoms with E-state index in [4.69, 9.17) is 0 Å². The highest BCUT2D eigenvalue weighted by atomic mass is 19.4. The fraction of sp³-hybridized carbons (Fsp3) is 0.909. The van der Waals surface area contributed by atoms with Crippen LogP contribution in [0.3, 0.4) is 0 Å². The molecule has 1 aliphatic carbocycles. The molecule has 0 bridgehead atoms. The molecule has 2 N–H and O–H groups in total. The summed E-state index contributed by atoms with van der Waals surface area (Å²) in [6, 6.07) is 0.105. The number of halogens is 3. The van der Waals surface area contributed by atoms with Crippen molar-refractivity contribution in [1.29, 1.82) is 0 Å². The van der Waals surface area contributed by atoms with Crippen molar-refractivity contribution in [1.82, 2.24) is 10.6 Å². The molecule has 0 aromatic carbocycles. The number of hydrogen-bond acceptors (Lipinski definition) is 2. The Bertz CT molecular complexity index is 289. The molecule has 1 aliphatic heterocycles. The minimum absolute atomic E-state index is 0.0461. The summed E-state index contributed by atoms with van der Waals surface area (Å²) in [4.78, 5) is 11.8. The van der Waals surface area contributed by atoms with Crippen LogP contribution in [0.4, 0.5) is 13.2 Å². The molecule has 0 radical (unpaired) electrons. The Balaban J connectivity index is 1.85. The highest BCUT2D eigenvalue weighted by molar-refractivity contribution is 5.79. The number of amides is 1. The van der Waals surface area contributed by atoms with Crippen molar-refractivity contribution in [3.63, 3.8) is 0 Å². The molecule has 1 saturated heterocycles. The van der Waals surface area contributed by atoms with E-state index in [1.165, 1.54) is 0 Å². The van der Waals surface area contributed by atoms with E-state index in [-0.39, 0.29) is 24.8 Å². The van der Waals surface area contributed by atoms with Gasteiger partial charge in [0.1, 0.15) is 0 Å². The molecular formula is C11H17F3N2O. The number of carbonyl (C=O) groups is 1. The van der Waals surface area contributed by atoms with Gasteiger partial charge in [0.15, 0.2) is 0 Å². The van der Waals surface area contributed by atoms with E-state index in [0.29, 0.717) is 12.8 Å². The van der Waals surface area contributed by atoms with Crippen LogP contribution in [0.1, 0.15) is 25.7 Å². The summed E-state index contributed by atoms with van der Waals surface area (Å²) < 4.78 is 37.7. The first-order valence-electron chi connectivity index (χ1n) is 6.04. The van der Waals surface area contributed by atoms with Gasteiger partial charge in [0.05, 0.1) is 12.0 Å². The van der Waals surface area contributed by atoms with E-state index in [9.17, 15) is 18.0 Å². The molecule has 0 aromatic rings. The second-order valence-electron chi connectivity index (χ2n) is 4.97. The third-order valence-corrected chi connectivity index (χ3v) is 3.64. The van der Waals surface area contributed by atoms with Crippen LogP contribution >= 0.6 is 0 Å². The van der Waals surface area contributed by atoms with Gasteiger partial charge in [-0.05, 0) is 19.3 Å².